The van der Waals surface area contributed by atoms with E-state index in [0.717, 1.165) is 16.7 Å². The van der Waals surface area contributed by atoms with E-state index < -0.39 is 19.0 Å². The Bertz CT molecular complexity index is 1230. The zero-order chi connectivity index (χ0) is 23.9. The number of nitrogens with zero attached hydrogens (tertiary/aromatic N) is 5. The molecule has 2 aromatic carbocycles. The molecule has 0 saturated heterocycles. The van der Waals surface area contributed by atoms with Crippen molar-refractivity contribution in [3.8, 4) is 6.07 Å². The maximum atomic E-state index is 14.4. The second-order valence-electron chi connectivity index (χ2n) is 9.13. The maximum Gasteiger partial charge on any atom is 0.284 e. The zero-order valence-electron chi connectivity index (χ0n) is 19.0. The van der Waals surface area contributed by atoms with Crippen LogP contribution >= 0.6 is 0 Å². The molecule has 0 bridgehead atoms. The van der Waals surface area contributed by atoms with Crippen LogP contribution in [-0.4, -0.2) is 58.7 Å². The molecule has 34 heavy (non-hydrogen) atoms. The van der Waals surface area contributed by atoms with Gasteiger partial charge >= 0.3 is 0 Å². The molecule has 2 aromatic rings. The molecule has 0 saturated carbocycles. The topological polar surface area (TPSA) is 62.9 Å². The van der Waals surface area contributed by atoms with E-state index in [4.69, 9.17) is 0 Å². The molecular weight excluding hydrogens is 436 g/mol. The van der Waals surface area contributed by atoms with Gasteiger partial charge in [0, 0.05) is 31.8 Å². The van der Waals surface area contributed by atoms with Crippen molar-refractivity contribution in [1.82, 2.24) is 14.7 Å². The molecule has 0 aliphatic carbocycles. The van der Waals surface area contributed by atoms with Gasteiger partial charge in [0.05, 0.1) is 30.3 Å². The second-order valence-corrected chi connectivity index (χ2v) is 9.13. The molecule has 0 atom stereocenters. The third-order valence-corrected chi connectivity index (χ3v) is 6.47. The molecule has 0 radical (unpaired) electrons. The summed E-state index contributed by atoms with van der Waals surface area (Å²) in [5.74, 6) is -2.79. The highest BCUT2D eigenvalue weighted by atomic mass is 19.3. The average molecular weight is 462 g/mol. The van der Waals surface area contributed by atoms with Crippen molar-refractivity contribution in [3.05, 3.63) is 82.1 Å². The summed E-state index contributed by atoms with van der Waals surface area (Å²) in [6.45, 7) is 2.77. The van der Waals surface area contributed by atoms with Gasteiger partial charge in [-0.2, -0.15) is 5.26 Å². The van der Waals surface area contributed by atoms with Gasteiger partial charge in [0.25, 0.3) is 11.8 Å². The minimum absolute atomic E-state index is 0.175. The second kappa shape index (κ2) is 8.65. The Kier molecular flexibility index (Phi) is 5.66. The number of rotatable bonds is 4. The molecule has 5 rings (SSSR count). The van der Waals surface area contributed by atoms with E-state index in [2.05, 4.69) is 16.0 Å². The number of benzene rings is 2. The van der Waals surface area contributed by atoms with E-state index in [1.54, 1.807) is 15.9 Å². The normalized spacial score (nSPS) is 19.9. The first-order valence-electron chi connectivity index (χ1n) is 11.3. The standard InChI is InChI=1S/C26H25F2N5O/c1-18-5-7-19(8-6-18)14-32-24(34)22-15-31(13-21-4-2-3-20(11-21)12-29)10-9-23(22)33-17-26(27,28)16-30-25(32)33/h2-8,11H,9-10,13-17H2,1H3. The Morgan fingerprint density at radius 3 is 2.68 bits per heavy atom. The van der Waals surface area contributed by atoms with E-state index in [9.17, 15) is 18.8 Å². The fraction of sp³-hybridized carbons (Fsp3) is 0.346. The molecule has 0 N–H and O–H groups in total. The van der Waals surface area contributed by atoms with Crippen LogP contribution in [0.3, 0.4) is 0 Å². The molecule has 8 heteroatoms. The minimum Gasteiger partial charge on any atom is -0.309 e. The molecule has 0 fully saturated rings. The maximum absolute atomic E-state index is 14.4. The van der Waals surface area contributed by atoms with Crippen molar-refractivity contribution in [2.75, 3.05) is 26.2 Å². The number of amides is 1. The Morgan fingerprint density at radius 2 is 1.91 bits per heavy atom. The first kappa shape index (κ1) is 22.2. The molecule has 174 valence electrons. The number of nitriles is 1. The molecule has 3 heterocycles. The van der Waals surface area contributed by atoms with E-state index >= 15 is 0 Å². The van der Waals surface area contributed by atoms with E-state index in [1.807, 2.05) is 49.4 Å². The number of aryl methyl sites for hydroxylation is 1. The zero-order valence-corrected chi connectivity index (χ0v) is 19.0. The van der Waals surface area contributed by atoms with Crippen LogP contribution in [0.5, 0.6) is 0 Å². The summed E-state index contributed by atoms with van der Waals surface area (Å²) in [5.41, 5.74) is 4.80. The summed E-state index contributed by atoms with van der Waals surface area (Å²) in [6, 6.07) is 17.4. The van der Waals surface area contributed by atoms with Gasteiger partial charge in [0.2, 0.25) is 5.96 Å². The van der Waals surface area contributed by atoms with Crippen LogP contribution in [0.2, 0.25) is 0 Å². The van der Waals surface area contributed by atoms with Crippen molar-refractivity contribution < 1.29 is 13.6 Å². The van der Waals surface area contributed by atoms with Crippen LogP contribution in [0.1, 0.15) is 28.7 Å². The van der Waals surface area contributed by atoms with Crippen LogP contribution in [0.25, 0.3) is 0 Å². The molecule has 6 nitrogen and oxygen atoms in total. The molecule has 0 spiro atoms. The molecular formula is C26H25F2N5O. The van der Waals surface area contributed by atoms with Gasteiger partial charge in [0.1, 0.15) is 6.54 Å². The number of hydrogen-bond acceptors (Lipinski definition) is 5. The number of fused-ring (bicyclic) bond motifs is 2. The lowest BCUT2D eigenvalue weighted by Gasteiger charge is -2.46. The summed E-state index contributed by atoms with van der Waals surface area (Å²) >= 11 is 0. The fourth-order valence-corrected chi connectivity index (χ4v) is 4.77. The summed E-state index contributed by atoms with van der Waals surface area (Å²) in [6.07, 6.45) is 0.493. The van der Waals surface area contributed by atoms with Crippen LogP contribution in [0, 0.1) is 18.3 Å². The van der Waals surface area contributed by atoms with E-state index in [1.165, 1.54) is 0 Å². The highest BCUT2D eigenvalue weighted by Gasteiger charge is 2.46. The third-order valence-electron chi connectivity index (χ3n) is 6.47. The third kappa shape index (κ3) is 4.31. The Labute approximate surface area is 197 Å². The number of carbonyl (C=O) groups excluding carboxylic acids is 1. The SMILES string of the molecule is Cc1ccc(CN2C(=O)C3=C(CCN(Cc4cccc(C#N)c4)C3)N3CC(F)(F)CN=C23)cc1. The summed E-state index contributed by atoms with van der Waals surface area (Å²) in [7, 11) is 0. The van der Waals surface area contributed by atoms with Crippen molar-refractivity contribution in [2.45, 2.75) is 32.4 Å². The van der Waals surface area contributed by atoms with Crippen molar-refractivity contribution in [2.24, 2.45) is 4.99 Å². The smallest absolute Gasteiger partial charge is 0.284 e. The number of guanidine groups is 1. The number of alkyl halides is 2. The first-order valence-corrected chi connectivity index (χ1v) is 11.3. The van der Waals surface area contributed by atoms with Crippen molar-refractivity contribution in [1.29, 1.82) is 5.26 Å². The largest absolute Gasteiger partial charge is 0.309 e. The van der Waals surface area contributed by atoms with E-state index in [-0.39, 0.29) is 12.5 Å². The Hall–Kier alpha value is -3.57. The lowest BCUT2D eigenvalue weighted by atomic mass is 9.98. The highest BCUT2D eigenvalue weighted by molar-refractivity contribution is 6.09. The van der Waals surface area contributed by atoms with Gasteiger partial charge in [-0.1, -0.05) is 42.0 Å². The lowest BCUT2D eigenvalue weighted by Crippen LogP contribution is -2.59. The molecule has 3 aliphatic heterocycles. The van der Waals surface area contributed by atoms with Gasteiger partial charge in [-0.05, 0) is 30.2 Å². The lowest BCUT2D eigenvalue weighted by molar-refractivity contribution is -0.126. The Morgan fingerprint density at radius 1 is 1.12 bits per heavy atom. The predicted molar refractivity (Wildman–Crippen MR) is 124 cm³/mol. The summed E-state index contributed by atoms with van der Waals surface area (Å²) in [5, 5.41) is 9.18. The first-order chi connectivity index (χ1) is 16.3. The highest BCUT2D eigenvalue weighted by Crippen LogP contribution is 2.35. The van der Waals surface area contributed by atoms with Crippen LogP contribution < -0.4 is 0 Å². The molecule has 3 aliphatic rings. The quantitative estimate of drug-likeness (QED) is 0.697. The fourth-order valence-electron chi connectivity index (χ4n) is 4.77. The van der Waals surface area contributed by atoms with Crippen LogP contribution in [-0.2, 0) is 17.9 Å². The number of carbonyl (C=O) groups is 1. The van der Waals surface area contributed by atoms with Crippen molar-refractivity contribution >= 4 is 11.9 Å². The average Bonchev–Trinajstić information content (AvgIpc) is 2.83. The van der Waals surface area contributed by atoms with Crippen LogP contribution in [0.4, 0.5) is 8.78 Å². The van der Waals surface area contributed by atoms with Gasteiger partial charge in [-0.3, -0.25) is 14.6 Å². The summed E-state index contributed by atoms with van der Waals surface area (Å²) < 4.78 is 28.7. The molecule has 1 amide bonds. The predicted octanol–water partition coefficient (Wildman–Crippen LogP) is 3.68. The van der Waals surface area contributed by atoms with Crippen LogP contribution in [0.15, 0.2) is 64.8 Å². The monoisotopic (exact) mass is 461 g/mol. The molecule has 0 unspecified atom stereocenters. The van der Waals surface area contributed by atoms with Gasteiger partial charge in [-0.15, -0.1) is 0 Å². The summed E-state index contributed by atoms with van der Waals surface area (Å²) in [4.78, 5) is 23.0. The minimum atomic E-state index is -2.94. The number of halogens is 2. The van der Waals surface area contributed by atoms with Crippen molar-refractivity contribution in [3.63, 3.8) is 0 Å². The van der Waals surface area contributed by atoms with Gasteiger partial charge in [-0.25, -0.2) is 13.8 Å². The number of aliphatic imine (C=N–C) groups is 1. The Balaban J connectivity index is 1.45. The van der Waals surface area contributed by atoms with E-state index in [0.29, 0.717) is 48.8 Å². The number of hydrogen-bond donors (Lipinski definition) is 0. The molecule has 0 aromatic heterocycles. The van der Waals surface area contributed by atoms with Gasteiger partial charge < -0.3 is 4.90 Å². The van der Waals surface area contributed by atoms with Gasteiger partial charge in [0.15, 0.2) is 0 Å².